The summed E-state index contributed by atoms with van der Waals surface area (Å²) in [4.78, 5) is 29.0. The first-order valence-electron chi connectivity index (χ1n) is 10.7. The number of nitrogens with one attached hydrogen (secondary N) is 1. The zero-order valence-corrected chi connectivity index (χ0v) is 16.8. The normalized spacial score (nSPS) is 24.0. The van der Waals surface area contributed by atoms with E-state index in [0.717, 1.165) is 63.7 Å². The highest BCUT2D eigenvalue weighted by Gasteiger charge is 2.46. The Bertz CT molecular complexity index is 704. The molecule has 28 heavy (non-hydrogen) atoms. The third-order valence-electron chi connectivity index (χ3n) is 6.52. The molecule has 6 heteroatoms. The minimum Gasteiger partial charge on any atom is -0.362 e. The molecule has 1 N–H and O–H groups in total. The minimum atomic E-state index is -0.282. The van der Waals surface area contributed by atoms with Gasteiger partial charge in [0.2, 0.25) is 0 Å². The van der Waals surface area contributed by atoms with Crippen LogP contribution >= 0.6 is 0 Å². The van der Waals surface area contributed by atoms with Crippen molar-refractivity contribution < 1.29 is 14.3 Å². The van der Waals surface area contributed by atoms with Crippen molar-refractivity contribution in [2.24, 2.45) is 0 Å². The van der Waals surface area contributed by atoms with Crippen molar-refractivity contribution in [1.82, 2.24) is 9.80 Å². The molecule has 3 aliphatic heterocycles. The van der Waals surface area contributed by atoms with E-state index in [1.807, 2.05) is 34.1 Å². The molecule has 3 amide bonds. The van der Waals surface area contributed by atoms with E-state index in [0.29, 0.717) is 13.1 Å². The van der Waals surface area contributed by atoms with Gasteiger partial charge in [-0.15, -0.1) is 0 Å². The molecule has 0 aromatic heterocycles. The van der Waals surface area contributed by atoms with Crippen molar-refractivity contribution >= 4 is 17.6 Å². The molecule has 4 rings (SSSR count). The summed E-state index contributed by atoms with van der Waals surface area (Å²) in [5.41, 5.74) is 1.87. The number of amides is 3. The molecule has 1 unspecified atom stereocenters. The van der Waals surface area contributed by atoms with E-state index in [1.54, 1.807) is 0 Å². The lowest BCUT2D eigenvalue weighted by molar-refractivity contribution is -0.149. The number of likely N-dealkylation sites (tertiary alicyclic amines) is 2. The number of aryl methyl sites for hydroxylation is 1. The zero-order chi connectivity index (χ0) is 19.6. The number of piperidine rings is 1. The van der Waals surface area contributed by atoms with Crippen LogP contribution in [0.25, 0.3) is 0 Å². The second kappa shape index (κ2) is 8.11. The molecule has 1 spiro atoms. The summed E-state index contributed by atoms with van der Waals surface area (Å²) < 4.78 is 6.29. The van der Waals surface area contributed by atoms with E-state index >= 15 is 0 Å². The van der Waals surface area contributed by atoms with E-state index < -0.39 is 0 Å². The fourth-order valence-corrected chi connectivity index (χ4v) is 4.64. The smallest absolute Gasteiger partial charge is 0.321 e. The molecule has 0 radical (unpaired) electrons. The maximum atomic E-state index is 12.6. The molecule has 3 fully saturated rings. The highest BCUT2D eigenvalue weighted by Crippen LogP contribution is 2.39. The first kappa shape index (κ1) is 19.2. The van der Waals surface area contributed by atoms with Crippen LogP contribution in [-0.4, -0.2) is 59.6 Å². The first-order chi connectivity index (χ1) is 13.6. The third kappa shape index (κ3) is 4.02. The van der Waals surface area contributed by atoms with Crippen LogP contribution in [0.3, 0.4) is 0 Å². The summed E-state index contributed by atoms with van der Waals surface area (Å²) in [6.07, 6.45) is 6.26. The number of rotatable bonds is 3. The largest absolute Gasteiger partial charge is 0.362 e. The Morgan fingerprint density at radius 3 is 2.36 bits per heavy atom. The van der Waals surface area contributed by atoms with Crippen molar-refractivity contribution in [3.05, 3.63) is 29.8 Å². The summed E-state index contributed by atoms with van der Waals surface area (Å²) in [5.74, 6) is 0.171. The zero-order valence-electron chi connectivity index (χ0n) is 16.8. The van der Waals surface area contributed by atoms with Crippen molar-refractivity contribution in [3.8, 4) is 0 Å². The number of carbonyl (C=O) groups is 2. The monoisotopic (exact) mass is 385 g/mol. The third-order valence-corrected chi connectivity index (χ3v) is 6.52. The second-order valence-electron chi connectivity index (χ2n) is 8.33. The topological polar surface area (TPSA) is 61.9 Å². The van der Waals surface area contributed by atoms with Gasteiger partial charge in [-0.3, -0.25) is 4.79 Å². The minimum absolute atomic E-state index is 0.0539. The fraction of sp³-hybridized carbons (Fsp3) is 0.636. The lowest BCUT2D eigenvalue weighted by Crippen LogP contribution is -2.48. The highest BCUT2D eigenvalue weighted by atomic mass is 16.5. The maximum absolute atomic E-state index is 12.6. The van der Waals surface area contributed by atoms with Gasteiger partial charge in [0, 0.05) is 31.9 Å². The molecule has 0 saturated carbocycles. The Hall–Kier alpha value is -2.08. The van der Waals surface area contributed by atoms with Crippen LogP contribution in [0.2, 0.25) is 0 Å². The van der Waals surface area contributed by atoms with Gasteiger partial charge in [0.1, 0.15) is 6.10 Å². The highest BCUT2D eigenvalue weighted by molar-refractivity contribution is 5.89. The van der Waals surface area contributed by atoms with Crippen molar-refractivity contribution in [2.75, 3.05) is 31.5 Å². The van der Waals surface area contributed by atoms with Crippen LogP contribution in [0.5, 0.6) is 0 Å². The summed E-state index contributed by atoms with van der Waals surface area (Å²) in [6.45, 7) is 5.20. The van der Waals surface area contributed by atoms with E-state index in [-0.39, 0.29) is 23.6 Å². The van der Waals surface area contributed by atoms with Gasteiger partial charge in [0.05, 0.1) is 5.60 Å². The number of ether oxygens (including phenoxy) is 1. The predicted octanol–water partition coefficient (Wildman–Crippen LogP) is 3.42. The molecule has 6 nitrogen and oxygen atoms in total. The molecule has 0 aliphatic carbocycles. The number of hydrogen-bond donors (Lipinski definition) is 1. The van der Waals surface area contributed by atoms with Crippen LogP contribution in [0.1, 0.15) is 51.0 Å². The molecular formula is C22H31N3O3. The molecule has 3 heterocycles. The van der Waals surface area contributed by atoms with E-state index in [1.165, 1.54) is 5.56 Å². The van der Waals surface area contributed by atoms with Crippen molar-refractivity contribution in [2.45, 2.75) is 63.6 Å². The van der Waals surface area contributed by atoms with Crippen molar-refractivity contribution in [1.29, 1.82) is 0 Å². The van der Waals surface area contributed by atoms with Crippen LogP contribution in [0.4, 0.5) is 10.5 Å². The van der Waals surface area contributed by atoms with E-state index in [9.17, 15) is 9.59 Å². The van der Waals surface area contributed by atoms with E-state index in [4.69, 9.17) is 4.74 Å². The predicted molar refractivity (Wildman–Crippen MR) is 108 cm³/mol. The number of carbonyl (C=O) groups excluding carboxylic acids is 2. The van der Waals surface area contributed by atoms with Crippen LogP contribution in [-0.2, 0) is 16.0 Å². The summed E-state index contributed by atoms with van der Waals surface area (Å²) in [5, 5.41) is 2.99. The number of urea groups is 1. The van der Waals surface area contributed by atoms with Gasteiger partial charge in [-0.1, -0.05) is 19.1 Å². The molecule has 3 aliphatic rings. The standard InChI is InChI=1S/C22H31N3O3/c1-2-17-5-7-18(8-6-17)23-21(27)25-15-11-22(12-16-25)10-9-19(28-22)20(26)24-13-3-4-14-24/h5-8,19H,2-4,9-16H2,1H3,(H,23,27). The van der Waals surface area contributed by atoms with Gasteiger partial charge in [0.15, 0.2) is 0 Å². The molecular weight excluding hydrogens is 354 g/mol. The van der Waals surface area contributed by atoms with Crippen LogP contribution in [0.15, 0.2) is 24.3 Å². The molecule has 3 saturated heterocycles. The summed E-state index contributed by atoms with van der Waals surface area (Å²) >= 11 is 0. The van der Waals surface area contributed by atoms with E-state index in [2.05, 4.69) is 12.2 Å². The molecule has 1 atom stereocenters. The summed E-state index contributed by atoms with van der Waals surface area (Å²) in [6, 6.07) is 7.95. The quantitative estimate of drug-likeness (QED) is 0.867. The Morgan fingerprint density at radius 2 is 1.71 bits per heavy atom. The van der Waals surface area contributed by atoms with Gasteiger partial charge in [-0.25, -0.2) is 4.79 Å². The van der Waals surface area contributed by atoms with Gasteiger partial charge >= 0.3 is 6.03 Å². The molecule has 1 aromatic rings. The van der Waals surface area contributed by atoms with Gasteiger partial charge in [0.25, 0.3) is 5.91 Å². The average molecular weight is 386 g/mol. The fourth-order valence-electron chi connectivity index (χ4n) is 4.64. The number of anilines is 1. The lowest BCUT2D eigenvalue weighted by Gasteiger charge is -2.39. The summed E-state index contributed by atoms with van der Waals surface area (Å²) in [7, 11) is 0. The van der Waals surface area contributed by atoms with Crippen LogP contribution < -0.4 is 5.32 Å². The number of hydrogen-bond acceptors (Lipinski definition) is 3. The maximum Gasteiger partial charge on any atom is 0.321 e. The Morgan fingerprint density at radius 1 is 1.04 bits per heavy atom. The Labute approximate surface area is 167 Å². The Balaban J connectivity index is 1.28. The average Bonchev–Trinajstić information content (AvgIpc) is 3.39. The SMILES string of the molecule is CCc1ccc(NC(=O)N2CCC3(CCC(C(=O)N4CCCC4)O3)CC2)cc1. The molecule has 1 aromatic carbocycles. The lowest BCUT2D eigenvalue weighted by atomic mass is 9.88. The van der Waals surface area contributed by atoms with Gasteiger partial charge < -0.3 is 19.9 Å². The second-order valence-corrected chi connectivity index (χ2v) is 8.33. The molecule has 152 valence electrons. The van der Waals surface area contributed by atoms with Crippen LogP contribution in [0, 0.1) is 0 Å². The van der Waals surface area contributed by atoms with Crippen molar-refractivity contribution in [3.63, 3.8) is 0 Å². The molecule has 0 bridgehead atoms. The van der Waals surface area contributed by atoms with Gasteiger partial charge in [-0.2, -0.15) is 0 Å². The number of nitrogens with zero attached hydrogens (tertiary/aromatic N) is 2. The van der Waals surface area contributed by atoms with Gasteiger partial charge in [-0.05, 0) is 62.6 Å². The first-order valence-corrected chi connectivity index (χ1v) is 10.7. The number of benzene rings is 1. The Kier molecular flexibility index (Phi) is 5.58.